The van der Waals surface area contributed by atoms with Gasteiger partial charge in [-0.15, -0.1) is 0 Å². The topological polar surface area (TPSA) is 30.5 Å². The summed E-state index contributed by atoms with van der Waals surface area (Å²) in [6.45, 7) is 0. The summed E-state index contributed by atoms with van der Waals surface area (Å²) in [6, 6.07) is 9.99. The second kappa shape index (κ2) is 6.47. The lowest BCUT2D eigenvalue weighted by Gasteiger charge is -2.38. The number of halogens is 2. The highest BCUT2D eigenvalue weighted by Crippen LogP contribution is 2.54. The Labute approximate surface area is 157 Å². The van der Waals surface area contributed by atoms with Gasteiger partial charge in [-0.05, 0) is 30.0 Å². The van der Waals surface area contributed by atoms with Gasteiger partial charge < -0.3 is 14.8 Å². The average molecular weight is 376 g/mol. The molecule has 3 nitrogen and oxygen atoms in total. The van der Waals surface area contributed by atoms with E-state index in [9.17, 15) is 0 Å². The Morgan fingerprint density at radius 3 is 2.64 bits per heavy atom. The van der Waals surface area contributed by atoms with Gasteiger partial charge >= 0.3 is 0 Å². The van der Waals surface area contributed by atoms with Crippen molar-refractivity contribution >= 4 is 28.9 Å². The Hall–Kier alpha value is -1.84. The fraction of sp³-hybridized carbons (Fsp3) is 0.300. The van der Waals surface area contributed by atoms with Gasteiger partial charge in [0.2, 0.25) is 0 Å². The van der Waals surface area contributed by atoms with Crippen LogP contribution in [0.4, 0.5) is 5.69 Å². The predicted octanol–water partition coefficient (Wildman–Crippen LogP) is 5.84. The molecule has 0 saturated heterocycles. The van der Waals surface area contributed by atoms with E-state index in [0.29, 0.717) is 21.9 Å². The number of allylic oxidation sites excluding steroid dienone is 2. The lowest BCUT2D eigenvalue weighted by atomic mass is 9.77. The number of methoxy groups -OCH3 is 2. The van der Waals surface area contributed by atoms with Crippen molar-refractivity contribution < 1.29 is 9.47 Å². The van der Waals surface area contributed by atoms with E-state index >= 15 is 0 Å². The van der Waals surface area contributed by atoms with Crippen molar-refractivity contribution in [3.63, 3.8) is 0 Å². The molecule has 1 aliphatic heterocycles. The lowest BCUT2D eigenvalue weighted by molar-refractivity contribution is 0.341. The number of benzene rings is 2. The van der Waals surface area contributed by atoms with Gasteiger partial charge in [-0.25, -0.2) is 0 Å². The standard InChI is InChI=1S/C20H19Cl2NO2/c1-24-16-8-4-7-14(20(16)25-2)18-12-6-3-5-11(12)13-9-10-15(21)17(22)19(13)23-18/h3-5,7-12,18,23H,6H2,1-2H3/t11-,12+,18+/m0/s1. The van der Waals surface area contributed by atoms with Crippen molar-refractivity contribution in [1.29, 1.82) is 0 Å². The Morgan fingerprint density at radius 2 is 1.88 bits per heavy atom. The van der Waals surface area contributed by atoms with Crippen LogP contribution in [0.2, 0.25) is 10.0 Å². The van der Waals surface area contributed by atoms with E-state index < -0.39 is 0 Å². The van der Waals surface area contributed by atoms with Crippen LogP contribution in [0.25, 0.3) is 0 Å². The molecular weight excluding hydrogens is 357 g/mol. The van der Waals surface area contributed by atoms with Gasteiger partial charge in [0.1, 0.15) is 0 Å². The number of rotatable bonds is 3. The van der Waals surface area contributed by atoms with Crippen LogP contribution in [-0.2, 0) is 0 Å². The number of fused-ring (bicyclic) bond motifs is 3. The molecule has 2 aromatic rings. The quantitative estimate of drug-likeness (QED) is 0.683. The summed E-state index contributed by atoms with van der Waals surface area (Å²) in [4.78, 5) is 0. The Kier molecular flexibility index (Phi) is 4.30. The summed E-state index contributed by atoms with van der Waals surface area (Å²) in [5.41, 5.74) is 3.19. The third kappa shape index (κ3) is 2.57. The summed E-state index contributed by atoms with van der Waals surface area (Å²) in [6.07, 6.45) is 5.52. The van der Waals surface area contributed by atoms with Gasteiger partial charge in [-0.1, -0.05) is 53.6 Å². The third-order valence-electron chi connectivity index (χ3n) is 5.20. The van der Waals surface area contributed by atoms with Crippen molar-refractivity contribution in [1.82, 2.24) is 0 Å². The normalized spacial score (nSPS) is 23.6. The molecule has 2 aromatic carbocycles. The van der Waals surface area contributed by atoms with Crippen LogP contribution in [-0.4, -0.2) is 14.2 Å². The molecule has 0 saturated carbocycles. The minimum atomic E-state index is 0.0634. The van der Waals surface area contributed by atoms with Crippen LogP contribution in [0, 0.1) is 5.92 Å². The molecule has 3 atom stereocenters. The van der Waals surface area contributed by atoms with Crippen LogP contribution in [0.3, 0.4) is 0 Å². The van der Waals surface area contributed by atoms with Crippen molar-refractivity contribution in [2.45, 2.75) is 18.4 Å². The van der Waals surface area contributed by atoms with Crippen LogP contribution < -0.4 is 14.8 Å². The molecule has 5 heteroatoms. The molecule has 0 spiro atoms. The Morgan fingerprint density at radius 1 is 1.04 bits per heavy atom. The molecule has 0 fully saturated rings. The molecule has 0 unspecified atom stereocenters. The molecule has 2 aliphatic rings. The van der Waals surface area contributed by atoms with Crippen LogP contribution in [0.15, 0.2) is 42.5 Å². The van der Waals surface area contributed by atoms with Gasteiger partial charge in [0, 0.05) is 11.5 Å². The first-order chi connectivity index (χ1) is 12.2. The summed E-state index contributed by atoms with van der Waals surface area (Å²) in [5, 5.41) is 4.76. The van der Waals surface area contributed by atoms with Crippen LogP contribution in [0.5, 0.6) is 11.5 Å². The summed E-state index contributed by atoms with van der Waals surface area (Å²) in [5.74, 6) is 2.19. The van der Waals surface area contributed by atoms with Gasteiger partial charge in [0.25, 0.3) is 0 Å². The first kappa shape index (κ1) is 16.6. The van der Waals surface area contributed by atoms with E-state index in [2.05, 4.69) is 29.6 Å². The molecule has 0 bridgehead atoms. The number of anilines is 1. The minimum Gasteiger partial charge on any atom is -0.493 e. The van der Waals surface area contributed by atoms with E-state index in [1.165, 1.54) is 5.56 Å². The SMILES string of the molecule is COc1cccc([C@@H]2Nc3c(ccc(Cl)c3Cl)[C@H]3C=CC[C@H]32)c1OC. The predicted molar refractivity (Wildman–Crippen MR) is 102 cm³/mol. The second-order valence-electron chi connectivity index (χ2n) is 6.38. The lowest BCUT2D eigenvalue weighted by Crippen LogP contribution is -2.29. The highest BCUT2D eigenvalue weighted by molar-refractivity contribution is 6.43. The highest BCUT2D eigenvalue weighted by Gasteiger charge is 2.40. The Balaban J connectivity index is 1.86. The van der Waals surface area contributed by atoms with E-state index in [1.807, 2.05) is 18.2 Å². The third-order valence-corrected chi connectivity index (χ3v) is 6.00. The van der Waals surface area contributed by atoms with Gasteiger partial charge in [0.05, 0.1) is 36.0 Å². The fourth-order valence-corrected chi connectivity index (χ4v) is 4.45. The fourth-order valence-electron chi connectivity index (χ4n) is 4.07. The molecule has 1 heterocycles. The maximum atomic E-state index is 6.51. The largest absolute Gasteiger partial charge is 0.493 e. The first-order valence-electron chi connectivity index (χ1n) is 8.27. The van der Waals surface area contributed by atoms with Gasteiger partial charge in [-0.2, -0.15) is 0 Å². The summed E-state index contributed by atoms with van der Waals surface area (Å²) < 4.78 is 11.1. The zero-order valence-electron chi connectivity index (χ0n) is 14.1. The zero-order chi connectivity index (χ0) is 17.6. The molecular formula is C20H19Cl2NO2. The maximum absolute atomic E-state index is 6.51. The van der Waals surface area contributed by atoms with E-state index in [-0.39, 0.29) is 6.04 Å². The number of hydrogen-bond donors (Lipinski definition) is 1. The zero-order valence-corrected chi connectivity index (χ0v) is 15.6. The molecule has 0 amide bonds. The molecule has 0 aromatic heterocycles. The monoisotopic (exact) mass is 375 g/mol. The number of para-hydroxylation sites is 1. The van der Waals surface area contributed by atoms with Crippen LogP contribution in [0.1, 0.15) is 29.5 Å². The number of hydrogen-bond acceptors (Lipinski definition) is 3. The molecule has 1 N–H and O–H groups in total. The molecule has 25 heavy (non-hydrogen) atoms. The first-order valence-corrected chi connectivity index (χ1v) is 9.03. The van der Waals surface area contributed by atoms with E-state index in [1.54, 1.807) is 14.2 Å². The minimum absolute atomic E-state index is 0.0634. The summed E-state index contributed by atoms with van der Waals surface area (Å²) in [7, 11) is 3.33. The van der Waals surface area contributed by atoms with Gasteiger partial charge in [0.15, 0.2) is 11.5 Å². The molecule has 0 radical (unpaired) electrons. The van der Waals surface area contributed by atoms with Crippen LogP contribution >= 0.6 is 23.2 Å². The second-order valence-corrected chi connectivity index (χ2v) is 7.17. The van der Waals surface area contributed by atoms with Crippen molar-refractivity contribution in [2.75, 3.05) is 19.5 Å². The summed E-state index contributed by atoms with van der Waals surface area (Å²) >= 11 is 12.8. The highest BCUT2D eigenvalue weighted by atomic mass is 35.5. The molecule has 130 valence electrons. The number of nitrogens with one attached hydrogen (secondary N) is 1. The van der Waals surface area contributed by atoms with Gasteiger partial charge in [-0.3, -0.25) is 0 Å². The van der Waals surface area contributed by atoms with E-state index in [0.717, 1.165) is 29.2 Å². The smallest absolute Gasteiger partial charge is 0.165 e. The van der Waals surface area contributed by atoms with Crippen molar-refractivity contribution in [3.8, 4) is 11.5 Å². The van der Waals surface area contributed by atoms with Crippen molar-refractivity contribution in [3.05, 3.63) is 63.7 Å². The Bertz CT molecular complexity index is 850. The molecule has 1 aliphatic carbocycles. The van der Waals surface area contributed by atoms with Crippen molar-refractivity contribution in [2.24, 2.45) is 5.92 Å². The molecule has 4 rings (SSSR count). The maximum Gasteiger partial charge on any atom is 0.165 e. The van der Waals surface area contributed by atoms with E-state index in [4.69, 9.17) is 32.7 Å². The number of ether oxygens (including phenoxy) is 2. The average Bonchev–Trinajstić information content (AvgIpc) is 3.13.